The summed E-state index contributed by atoms with van der Waals surface area (Å²) in [6.45, 7) is 4.60. The number of nitrogens with zero attached hydrogens (tertiary/aromatic N) is 3. The zero-order valence-electron chi connectivity index (χ0n) is 15.7. The highest BCUT2D eigenvalue weighted by atomic mass is 32.1. The molecule has 0 saturated heterocycles. The first-order valence-corrected chi connectivity index (χ1v) is 9.72. The number of hydrogen-bond acceptors (Lipinski definition) is 4. The van der Waals surface area contributed by atoms with Crippen LogP contribution in [0.25, 0.3) is 21.3 Å². The lowest BCUT2D eigenvalue weighted by molar-refractivity contribution is -0.130. The molecular formula is C20H22FN3O2S. The quantitative estimate of drug-likeness (QED) is 0.646. The van der Waals surface area contributed by atoms with Crippen molar-refractivity contribution in [1.29, 1.82) is 0 Å². The normalized spacial score (nSPS) is 11.1. The van der Waals surface area contributed by atoms with Crippen molar-refractivity contribution in [3.63, 3.8) is 0 Å². The van der Waals surface area contributed by atoms with Gasteiger partial charge in [0, 0.05) is 24.0 Å². The molecule has 0 saturated carbocycles. The average Bonchev–Trinajstić information content (AvgIpc) is 2.99. The standard InChI is InChI=1S/C20H22FN3O2S/c1-4-5-10-23(3)16(25)11-24-12-22-19-18(20(24)26)17(13(2)27-19)14-6-8-15(21)9-7-14/h6-9,12H,4-5,10-11H2,1-3H3. The Balaban J connectivity index is 2.01. The summed E-state index contributed by atoms with van der Waals surface area (Å²) in [5.41, 5.74) is 1.28. The minimum Gasteiger partial charge on any atom is -0.344 e. The lowest BCUT2D eigenvalue weighted by atomic mass is 10.0. The number of thiophene rings is 1. The fourth-order valence-corrected chi connectivity index (χ4v) is 4.00. The number of likely N-dealkylation sites (N-methyl/N-ethyl adjacent to an activating group) is 1. The number of fused-ring (bicyclic) bond motifs is 1. The topological polar surface area (TPSA) is 55.2 Å². The van der Waals surface area contributed by atoms with Crippen LogP contribution in [0.3, 0.4) is 0 Å². The van der Waals surface area contributed by atoms with E-state index in [1.54, 1.807) is 24.1 Å². The third-order valence-corrected chi connectivity index (χ3v) is 5.58. The Morgan fingerprint density at radius 3 is 2.67 bits per heavy atom. The van der Waals surface area contributed by atoms with E-state index in [-0.39, 0.29) is 23.8 Å². The fourth-order valence-electron chi connectivity index (χ4n) is 3.00. The molecule has 1 aromatic carbocycles. The maximum Gasteiger partial charge on any atom is 0.263 e. The molecule has 2 aromatic heterocycles. The van der Waals surface area contributed by atoms with E-state index < -0.39 is 0 Å². The molecule has 5 nitrogen and oxygen atoms in total. The molecule has 7 heteroatoms. The number of rotatable bonds is 6. The second kappa shape index (κ2) is 8.00. The number of aromatic nitrogens is 2. The van der Waals surface area contributed by atoms with Crippen LogP contribution in [0, 0.1) is 12.7 Å². The summed E-state index contributed by atoms with van der Waals surface area (Å²) >= 11 is 1.42. The van der Waals surface area contributed by atoms with Crippen LogP contribution in [0.1, 0.15) is 24.6 Å². The van der Waals surface area contributed by atoms with Crippen LogP contribution in [0.2, 0.25) is 0 Å². The van der Waals surface area contributed by atoms with Gasteiger partial charge in [-0.2, -0.15) is 0 Å². The Morgan fingerprint density at radius 2 is 2.00 bits per heavy atom. The summed E-state index contributed by atoms with van der Waals surface area (Å²) in [7, 11) is 1.74. The molecule has 0 aliphatic rings. The minimum atomic E-state index is -0.327. The van der Waals surface area contributed by atoms with Crippen molar-refractivity contribution >= 4 is 27.5 Å². The van der Waals surface area contributed by atoms with Gasteiger partial charge in [0.2, 0.25) is 5.91 Å². The lowest BCUT2D eigenvalue weighted by Crippen LogP contribution is -2.34. The molecule has 1 amide bonds. The van der Waals surface area contributed by atoms with Gasteiger partial charge >= 0.3 is 0 Å². The van der Waals surface area contributed by atoms with Gasteiger partial charge in [0.05, 0.1) is 11.7 Å². The van der Waals surface area contributed by atoms with Crippen LogP contribution >= 0.6 is 11.3 Å². The summed E-state index contributed by atoms with van der Waals surface area (Å²) in [5, 5.41) is 0.482. The molecule has 0 bridgehead atoms. The van der Waals surface area contributed by atoms with E-state index in [9.17, 15) is 14.0 Å². The molecule has 0 spiro atoms. The van der Waals surface area contributed by atoms with Gasteiger partial charge in [0.15, 0.2) is 0 Å². The number of hydrogen-bond donors (Lipinski definition) is 0. The molecule has 27 heavy (non-hydrogen) atoms. The van der Waals surface area contributed by atoms with Crippen molar-refractivity contribution in [2.75, 3.05) is 13.6 Å². The monoisotopic (exact) mass is 387 g/mol. The summed E-state index contributed by atoms with van der Waals surface area (Å²) in [5.74, 6) is -0.450. The van der Waals surface area contributed by atoms with E-state index >= 15 is 0 Å². The molecule has 142 valence electrons. The van der Waals surface area contributed by atoms with E-state index in [0.29, 0.717) is 16.8 Å². The number of halogens is 1. The highest BCUT2D eigenvalue weighted by Gasteiger charge is 2.18. The smallest absolute Gasteiger partial charge is 0.263 e. The number of carbonyl (C=O) groups is 1. The summed E-state index contributed by atoms with van der Waals surface area (Å²) in [4.78, 5) is 33.0. The zero-order chi connectivity index (χ0) is 19.6. The third kappa shape index (κ3) is 3.93. The van der Waals surface area contributed by atoms with Crippen molar-refractivity contribution in [1.82, 2.24) is 14.5 Å². The minimum absolute atomic E-state index is 0.0419. The third-order valence-electron chi connectivity index (χ3n) is 4.57. The maximum absolute atomic E-state index is 13.3. The van der Waals surface area contributed by atoms with Gasteiger partial charge in [-0.15, -0.1) is 11.3 Å². The van der Waals surface area contributed by atoms with Gasteiger partial charge in [-0.25, -0.2) is 9.37 Å². The van der Waals surface area contributed by atoms with E-state index in [4.69, 9.17) is 0 Å². The van der Waals surface area contributed by atoms with Crippen molar-refractivity contribution in [2.24, 2.45) is 0 Å². The number of carbonyl (C=O) groups excluding carboxylic acids is 1. The Bertz CT molecular complexity index is 1020. The van der Waals surface area contributed by atoms with E-state index in [0.717, 1.165) is 28.8 Å². The van der Waals surface area contributed by atoms with Crippen LogP contribution < -0.4 is 5.56 Å². The van der Waals surface area contributed by atoms with Crippen molar-refractivity contribution < 1.29 is 9.18 Å². The van der Waals surface area contributed by atoms with Crippen molar-refractivity contribution in [3.8, 4) is 11.1 Å². The molecule has 0 unspecified atom stereocenters. The molecule has 0 N–H and O–H groups in total. The van der Waals surface area contributed by atoms with Crippen LogP contribution in [0.5, 0.6) is 0 Å². The van der Waals surface area contributed by atoms with Gasteiger partial charge < -0.3 is 4.90 Å². The van der Waals surface area contributed by atoms with Crippen LogP contribution in [0.4, 0.5) is 4.39 Å². The first-order valence-electron chi connectivity index (χ1n) is 8.90. The van der Waals surface area contributed by atoms with E-state index in [1.807, 2.05) is 6.92 Å². The van der Waals surface area contributed by atoms with Crippen LogP contribution in [-0.2, 0) is 11.3 Å². The van der Waals surface area contributed by atoms with Gasteiger partial charge in [-0.1, -0.05) is 25.5 Å². The van der Waals surface area contributed by atoms with Crippen LogP contribution in [0.15, 0.2) is 35.4 Å². The summed E-state index contributed by atoms with van der Waals surface area (Å²) in [6.07, 6.45) is 3.35. The largest absolute Gasteiger partial charge is 0.344 e. The molecule has 0 aliphatic heterocycles. The second-order valence-corrected chi connectivity index (χ2v) is 7.77. The Labute approximate surface area is 161 Å². The molecule has 0 radical (unpaired) electrons. The fraction of sp³-hybridized carbons (Fsp3) is 0.350. The van der Waals surface area contributed by atoms with E-state index in [2.05, 4.69) is 11.9 Å². The first kappa shape index (κ1) is 19.2. The summed E-state index contributed by atoms with van der Waals surface area (Å²) < 4.78 is 14.6. The first-order chi connectivity index (χ1) is 12.9. The zero-order valence-corrected chi connectivity index (χ0v) is 16.5. The lowest BCUT2D eigenvalue weighted by Gasteiger charge is -2.17. The Kier molecular flexibility index (Phi) is 5.70. The molecule has 2 heterocycles. The molecule has 3 aromatic rings. The molecule has 3 rings (SSSR count). The van der Waals surface area contributed by atoms with Crippen molar-refractivity contribution in [3.05, 3.63) is 51.6 Å². The number of unbranched alkanes of at least 4 members (excludes halogenated alkanes) is 1. The second-order valence-electron chi connectivity index (χ2n) is 6.57. The highest BCUT2D eigenvalue weighted by molar-refractivity contribution is 7.19. The Hall–Kier alpha value is -2.54. The Morgan fingerprint density at radius 1 is 1.30 bits per heavy atom. The number of benzene rings is 1. The molecule has 0 atom stereocenters. The predicted molar refractivity (Wildman–Crippen MR) is 107 cm³/mol. The number of aryl methyl sites for hydroxylation is 1. The SMILES string of the molecule is CCCCN(C)C(=O)Cn1cnc2sc(C)c(-c3ccc(F)cc3)c2c1=O. The van der Waals surface area contributed by atoms with Gasteiger partial charge in [0.25, 0.3) is 5.56 Å². The summed E-state index contributed by atoms with van der Waals surface area (Å²) in [6, 6.07) is 6.06. The molecular weight excluding hydrogens is 365 g/mol. The maximum atomic E-state index is 13.3. The van der Waals surface area contributed by atoms with E-state index in [1.165, 1.54) is 34.4 Å². The average molecular weight is 387 g/mol. The van der Waals surface area contributed by atoms with Crippen molar-refractivity contribution in [2.45, 2.75) is 33.2 Å². The van der Waals surface area contributed by atoms with Crippen LogP contribution in [-0.4, -0.2) is 34.0 Å². The number of amides is 1. The molecule has 0 aliphatic carbocycles. The predicted octanol–water partition coefficient (Wildman–Crippen LogP) is 3.83. The van der Waals surface area contributed by atoms with Gasteiger partial charge in [0.1, 0.15) is 17.2 Å². The molecule has 0 fully saturated rings. The highest BCUT2D eigenvalue weighted by Crippen LogP contribution is 2.35. The van der Waals surface area contributed by atoms with Gasteiger partial charge in [-0.05, 0) is 31.0 Å². The van der Waals surface area contributed by atoms with Gasteiger partial charge in [-0.3, -0.25) is 14.2 Å².